The molecule has 3 aliphatic rings. The van der Waals surface area contributed by atoms with E-state index in [9.17, 15) is 4.79 Å². The van der Waals surface area contributed by atoms with Crippen LogP contribution in [0, 0.1) is 0 Å². The molecule has 4 rings (SSSR count). The maximum absolute atomic E-state index is 11.6. The van der Waals surface area contributed by atoms with Crippen molar-refractivity contribution < 1.29 is 9.53 Å². The molecule has 0 bridgehead atoms. The Morgan fingerprint density at radius 2 is 2.19 bits per heavy atom. The highest BCUT2D eigenvalue weighted by Gasteiger charge is 2.48. The van der Waals surface area contributed by atoms with Gasteiger partial charge in [0, 0.05) is 31.4 Å². The normalized spacial score (nSPS) is 29.2. The van der Waals surface area contributed by atoms with Gasteiger partial charge in [0.1, 0.15) is 10.6 Å². The summed E-state index contributed by atoms with van der Waals surface area (Å²) in [6, 6.07) is 0. The number of thiazole rings is 1. The van der Waals surface area contributed by atoms with Gasteiger partial charge < -0.3 is 9.64 Å². The van der Waals surface area contributed by atoms with Crippen molar-refractivity contribution in [1.29, 1.82) is 0 Å². The fraction of sp³-hybridized carbons (Fsp3) is 0.733. The minimum absolute atomic E-state index is 0.179. The summed E-state index contributed by atoms with van der Waals surface area (Å²) in [6.45, 7) is 3.45. The van der Waals surface area contributed by atoms with Crippen molar-refractivity contribution in [3.63, 3.8) is 0 Å². The van der Waals surface area contributed by atoms with Gasteiger partial charge in [-0.15, -0.1) is 11.3 Å². The first-order chi connectivity index (χ1) is 10.1. The van der Waals surface area contributed by atoms with Gasteiger partial charge in [-0.05, 0) is 25.7 Å². The first-order valence-electron chi connectivity index (χ1n) is 7.77. The number of nitrogens with zero attached hydrogens (tertiary/aromatic N) is 3. The van der Waals surface area contributed by atoms with Crippen molar-refractivity contribution in [2.24, 2.45) is 0 Å². The van der Waals surface area contributed by atoms with Crippen molar-refractivity contribution in [3.8, 4) is 0 Å². The van der Waals surface area contributed by atoms with E-state index in [1.807, 2.05) is 18.4 Å². The molecule has 114 valence electrons. The molecule has 1 unspecified atom stereocenters. The Labute approximate surface area is 128 Å². The van der Waals surface area contributed by atoms with Crippen LogP contribution >= 0.6 is 11.3 Å². The molecule has 0 radical (unpaired) electrons. The Morgan fingerprint density at radius 3 is 2.95 bits per heavy atom. The summed E-state index contributed by atoms with van der Waals surface area (Å²) in [5, 5.41) is 1.23. The quantitative estimate of drug-likeness (QED) is 0.839. The highest BCUT2D eigenvalue weighted by molar-refractivity contribution is 7.11. The van der Waals surface area contributed by atoms with E-state index in [1.54, 1.807) is 4.90 Å². The van der Waals surface area contributed by atoms with E-state index in [1.165, 1.54) is 34.8 Å². The molecule has 0 aromatic carbocycles. The standard InChI is InChI=1S/C15H21N3O2S/c1-17-9-15(20-14(17)19)6-7-18(10-15)8-13-16-11-4-2-3-5-12(11)21-13/h2-10H2,1H3. The second-order valence-corrected chi connectivity index (χ2v) is 7.72. The molecule has 21 heavy (non-hydrogen) atoms. The van der Waals surface area contributed by atoms with Gasteiger partial charge in [0.05, 0.1) is 18.8 Å². The third-order valence-electron chi connectivity index (χ3n) is 4.79. The first kappa shape index (κ1) is 13.5. The van der Waals surface area contributed by atoms with E-state index in [2.05, 4.69) is 4.90 Å². The fourth-order valence-electron chi connectivity index (χ4n) is 3.73. The number of carbonyl (C=O) groups excluding carboxylic acids is 1. The lowest BCUT2D eigenvalue weighted by Gasteiger charge is -2.21. The van der Waals surface area contributed by atoms with Crippen LogP contribution in [-0.4, -0.2) is 53.2 Å². The summed E-state index contributed by atoms with van der Waals surface area (Å²) in [7, 11) is 1.81. The van der Waals surface area contributed by atoms with E-state index >= 15 is 0 Å². The van der Waals surface area contributed by atoms with Gasteiger partial charge in [0.2, 0.25) is 0 Å². The van der Waals surface area contributed by atoms with Crippen LogP contribution in [0.5, 0.6) is 0 Å². The number of hydrogen-bond donors (Lipinski definition) is 0. The topological polar surface area (TPSA) is 45.7 Å². The number of amides is 1. The molecule has 0 N–H and O–H groups in total. The van der Waals surface area contributed by atoms with Gasteiger partial charge in [-0.25, -0.2) is 9.78 Å². The molecule has 3 heterocycles. The molecule has 2 saturated heterocycles. The minimum Gasteiger partial charge on any atom is -0.439 e. The van der Waals surface area contributed by atoms with Crippen LogP contribution in [0.15, 0.2) is 0 Å². The largest absolute Gasteiger partial charge is 0.439 e. The molecular weight excluding hydrogens is 286 g/mol. The molecule has 1 amide bonds. The van der Waals surface area contributed by atoms with E-state index in [0.29, 0.717) is 0 Å². The lowest BCUT2D eigenvalue weighted by molar-refractivity contribution is 0.0627. The predicted molar refractivity (Wildman–Crippen MR) is 80.5 cm³/mol. The molecule has 2 aliphatic heterocycles. The Balaban J connectivity index is 1.42. The van der Waals surface area contributed by atoms with Crippen LogP contribution in [0.2, 0.25) is 0 Å². The van der Waals surface area contributed by atoms with Crippen molar-refractivity contribution >= 4 is 17.4 Å². The van der Waals surface area contributed by atoms with Gasteiger partial charge in [-0.3, -0.25) is 4.90 Å². The Hall–Kier alpha value is -1.14. The van der Waals surface area contributed by atoms with Crippen LogP contribution in [0.25, 0.3) is 0 Å². The fourth-order valence-corrected chi connectivity index (χ4v) is 4.93. The van der Waals surface area contributed by atoms with E-state index in [-0.39, 0.29) is 11.7 Å². The third-order valence-corrected chi connectivity index (χ3v) is 5.93. The zero-order valence-corrected chi connectivity index (χ0v) is 13.2. The molecule has 6 heteroatoms. The molecule has 0 saturated carbocycles. The predicted octanol–water partition coefficient (Wildman–Crippen LogP) is 2.05. The number of likely N-dealkylation sites (tertiary alicyclic amines) is 1. The number of rotatable bonds is 2. The summed E-state index contributed by atoms with van der Waals surface area (Å²) < 4.78 is 5.60. The van der Waals surface area contributed by atoms with Gasteiger partial charge in [0.15, 0.2) is 0 Å². The van der Waals surface area contributed by atoms with E-state index in [0.717, 1.165) is 39.0 Å². The van der Waals surface area contributed by atoms with Crippen molar-refractivity contribution in [2.45, 2.75) is 44.2 Å². The summed E-state index contributed by atoms with van der Waals surface area (Å²) >= 11 is 1.88. The average molecular weight is 307 g/mol. The SMILES string of the molecule is CN1CC2(CCN(Cc3nc4c(s3)CCCC4)C2)OC1=O. The first-order valence-corrected chi connectivity index (χ1v) is 8.59. The maximum atomic E-state index is 11.6. The van der Waals surface area contributed by atoms with Crippen LogP contribution in [-0.2, 0) is 24.1 Å². The summed E-state index contributed by atoms with van der Waals surface area (Å²) in [4.78, 5) is 22.0. The number of likely N-dealkylation sites (N-methyl/N-ethyl adjacent to an activating group) is 1. The number of ether oxygens (including phenoxy) is 1. The molecule has 1 aromatic heterocycles. The van der Waals surface area contributed by atoms with Gasteiger partial charge in [0.25, 0.3) is 0 Å². The van der Waals surface area contributed by atoms with Gasteiger partial charge in [-0.1, -0.05) is 0 Å². The zero-order chi connectivity index (χ0) is 14.4. The molecule has 1 spiro atoms. The molecular formula is C15H21N3O2S. The number of aromatic nitrogens is 1. The summed E-state index contributed by atoms with van der Waals surface area (Å²) in [5.41, 5.74) is 1.06. The molecule has 5 nitrogen and oxygen atoms in total. The molecule has 2 fully saturated rings. The van der Waals surface area contributed by atoms with Gasteiger partial charge in [-0.2, -0.15) is 0 Å². The second-order valence-electron chi connectivity index (χ2n) is 6.55. The number of carbonyl (C=O) groups is 1. The molecule has 1 aromatic rings. The monoisotopic (exact) mass is 307 g/mol. The van der Waals surface area contributed by atoms with E-state index < -0.39 is 0 Å². The average Bonchev–Trinajstić information content (AvgIpc) is 3.09. The van der Waals surface area contributed by atoms with Crippen LogP contribution in [0.3, 0.4) is 0 Å². The molecule has 1 aliphatic carbocycles. The van der Waals surface area contributed by atoms with Crippen molar-refractivity contribution in [2.75, 3.05) is 26.7 Å². The zero-order valence-electron chi connectivity index (χ0n) is 12.4. The second kappa shape index (κ2) is 4.95. The number of hydrogen-bond acceptors (Lipinski definition) is 5. The highest BCUT2D eigenvalue weighted by Crippen LogP contribution is 2.33. The minimum atomic E-state index is -0.275. The lowest BCUT2D eigenvalue weighted by Crippen LogP contribution is -2.37. The number of aryl methyl sites for hydroxylation is 2. The third kappa shape index (κ3) is 2.44. The van der Waals surface area contributed by atoms with Gasteiger partial charge >= 0.3 is 6.09 Å². The molecule has 1 atom stereocenters. The summed E-state index contributed by atoms with van der Waals surface area (Å²) in [6.07, 6.45) is 5.71. The lowest BCUT2D eigenvalue weighted by atomic mass is 10.0. The van der Waals surface area contributed by atoms with Crippen LogP contribution in [0.4, 0.5) is 4.79 Å². The van der Waals surface area contributed by atoms with Crippen LogP contribution in [0.1, 0.15) is 34.8 Å². The number of fused-ring (bicyclic) bond motifs is 1. The summed E-state index contributed by atoms with van der Waals surface area (Å²) in [5.74, 6) is 0. The van der Waals surface area contributed by atoms with Crippen molar-refractivity contribution in [1.82, 2.24) is 14.8 Å². The maximum Gasteiger partial charge on any atom is 0.410 e. The van der Waals surface area contributed by atoms with Crippen LogP contribution < -0.4 is 0 Å². The Bertz CT molecular complexity index is 550. The highest BCUT2D eigenvalue weighted by atomic mass is 32.1. The Morgan fingerprint density at radius 1 is 1.33 bits per heavy atom. The van der Waals surface area contributed by atoms with Crippen molar-refractivity contribution in [3.05, 3.63) is 15.6 Å². The smallest absolute Gasteiger partial charge is 0.410 e. The van der Waals surface area contributed by atoms with E-state index in [4.69, 9.17) is 9.72 Å². The Kier molecular flexibility index (Phi) is 3.19.